The average Bonchev–Trinajstić information content (AvgIpc) is 2.85. The van der Waals surface area contributed by atoms with Crippen molar-refractivity contribution < 1.29 is 22.7 Å². The Balaban J connectivity index is 1.65. The topological polar surface area (TPSA) is 132 Å². The first-order chi connectivity index (χ1) is 17.2. The Bertz CT molecular complexity index is 1340. The number of carbonyl (C=O) groups excluding carboxylic acids is 1. The van der Waals surface area contributed by atoms with Gasteiger partial charge in [0.05, 0.1) is 24.2 Å². The molecule has 0 spiro atoms. The number of methoxy groups -OCH3 is 1. The number of aromatic nitrogens is 2. The van der Waals surface area contributed by atoms with Crippen molar-refractivity contribution in [3.63, 3.8) is 0 Å². The largest absolute Gasteiger partial charge is 0.493 e. The lowest BCUT2D eigenvalue weighted by Gasteiger charge is -2.14. The lowest BCUT2D eigenvalue weighted by Crippen LogP contribution is -2.34. The van der Waals surface area contributed by atoms with E-state index in [4.69, 9.17) is 21.7 Å². The van der Waals surface area contributed by atoms with E-state index in [1.54, 1.807) is 18.2 Å². The number of nitrogens with one attached hydrogen (secondary N) is 3. The molecule has 0 bridgehead atoms. The van der Waals surface area contributed by atoms with Gasteiger partial charge in [0.15, 0.2) is 5.11 Å². The number of ether oxygens (including phenoxy) is 2. The van der Waals surface area contributed by atoms with Crippen LogP contribution in [0.25, 0.3) is 0 Å². The highest BCUT2D eigenvalue weighted by molar-refractivity contribution is 9.10. The maximum atomic E-state index is 12.8. The first-order valence-electron chi connectivity index (χ1n) is 10.8. The average molecular weight is 595 g/mol. The van der Waals surface area contributed by atoms with E-state index < -0.39 is 15.9 Å². The zero-order valence-corrected chi connectivity index (χ0v) is 22.7. The van der Waals surface area contributed by atoms with Gasteiger partial charge in [0, 0.05) is 22.6 Å². The van der Waals surface area contributed by atoms with Crippen molar-refractivity contribution in [2.75, 3.05) is 23.8 Å². The number of carbonyl (C=O) groups is 1. The minimum atomic E-state index is -3.95. The van der Waals surface area contributed by atoms with Gasteiger partial charge in [0.1, 0.15) is 5.75 Å². The first-order valence-corrected chi connectivity index (χ1v) is 13.4. The minimum Gasteiger partial charge on any atom is -0.493 e. The highest BCUT2D eigenvalue weighted by Crippen LogP contribution is 2.24. The van der Waals surface area contributed by atoms with E-state index in [9.17, 15) is 13.2 Å². The van der Waals surface area contributed by atoms with Crippen molar-refractivity contribution >= 4 is 60.7 Å². The van der Waals surface area contributed by atoms with Gasteiger partial charge >= 0.3 is 0 Å². The standard InChI is InChI=1S/C23H24BrN5O5S2/c1-3-4-13-34-19-10-5-15(24)14-18(19)21(30)28-23(35)27-16-6-8-17(9-7-16)36(31,32)29-20-22(33-2)26-12-11-25-20/h5-12,14H,3-4,13H2,1-2H3,(H,25,29)(H2,27,28,30,35). The summed E-state index contributed by atoms with van der Waals surface area (Å²) in [7, 11) is -2.58. The summed E-state index contributed by atoms with van der Waals surface area (Å²) in [6.45, 7) is 2.55. The van der Waals surface area contributed by atoms with Gasteiger partial charge in [-0.3, -0.25) is 14.8 Å². The smallest absolute Gasteiger partial charge is 0.263 e. The van der Waals surface area contributed by atoms with Gasteiger partial charge in [-0.05, 0) is 61.1 Å². The third-order valence-corrected chi connectivity index (χ3v) is 6.73. The molecule has 0 unspecified atom stereocenters. The Labute approximate surface area is 223 Å². The molecule has 0 atom stereocenters. The molecule has 2 aromatic carbocycles. The summed E-state index contributed by atoms with van der Waals surface area (Å²) in [6, 6.07) is 10.9. The van der Waals surface area contributed by atoms with Gasteiger partial charge in [-0.25, -0.2) is 18.4 Å². The molecule has 0 saturated carbocycles. The van der Waals surface area contributed by atoms with Crippen molar-refractivity contribution in [2.45, 2.75) is 24.7 Å². The second-order valence-electron chi connectivity index (χ2n) is 7.29. The van der Waals surface area contributed by atoms with E-state index >= 15 is 0 Å². The lowest BCUT2D eigenvalue weighted by molar-refractivity contribution is 0.0973. The van der Waals surface area contributed by atoms with Crippen LogP contribution < -0.4 is 24.8 Å². The molecule has 1 aromatic heterocycles. The SMILES string of the molecule is CCCCOc1ccc(Br)cc1C(=O)NC(=S)Nc1ccc(S(=O)(=O)Nc2nccnc2OC)cc1. The van der Waals surface area contributed by atoms with Gasteiger partial charge in [0.2, 0.25) is 5.82 Å². The molecular formula is C23H24BrN5O5S2. The first kappa shape index (κ1) is 27.3. The fourth-order valence-electron chi connectivity index (χ4n) is 2.91. The lowest BCUT2D eigenvalue weighted by atomic mass is 10.2. The highest BCUT2D eigenvalue weighted by atomic mass is 79.9. The molecule has 190 valence electrons. The second-order valence-corrected chi connectivity index (χ2v) is 10.3. The zero-order chi connectivity index (χ0) is 26.1. The monoisotopic (exact) mass is 593 g/mol. The van der Waals surface area contributed by atoms with Crippen molar-refractivity contribution in [3.8, 4) is 11.6 Å². The molecule has 0 aliphatic heterocycles. The molecule has 0 fully saturated rings. The van der Waals surface area contributed by atoms with Gasteiger partial charge in [-0.15, -0.1) is 0 Å². The number of sulfonamides is 1. The van der Waals surface area contributed by atoms with E-state index in [1.807, 2.05) is 0 Å². The summed E-state index contributed by atoms with van der Waals surface area (Å²) in [4.78, 5) is 20.7. The number of thiocarbonyl (C=S) groups is 1. The van der Waals surface area contributed by atoms with Gasteiger partial charge in [-0.2, -0.15) is 0 Å². The molecule has 0 saturated heterocycles. The minimum absolute atomic E-state index is 0.0151. The molecule has 0 aliphatic rings. The van der Waals surface area contributed by atoms with Crippen LogP contribution >= 0.6 is 28.1 Å². The molecule has 13 heteroatoms. The normalized spacial score (nSPS) is 10.9. The van der Waals surface area contributed by atoms with Crippen molar-refractivity contribution in [3.05, 3.63) is 64.9 Å². The Morgan fingerprint density at radius 2 is 1.83 bits per heavy atom. The highest BCUT2D eigenvalue weighted by Gasteiger charge is 2.19. The zero-order valence-electron chi connectivity index (χ0n) is 19.4. The van der Waals surface area contributed by atoms with Crippen molar-refractivity contribution in [2.24, 2.45) is 0 Å². The molecule has 1 heterocycles. The van der Waals surface area contributed by atoms with Crippen LogP contribution in [0, 0.1) is 0 Å². The molecule has 36 heavy (non-hydrogen) atoms. The van der Waals surface area contributed by atoms with E-state index in [1.165, 1.54) is 43.8 Å². The van der Waals surface area contributed by atoms with Crippen LogP contribution in [-0.2, 0) is 10.0 Å². The van der Waals surface area contributed by atoms with E-state index in [0.717, 1.165) is 17.3 Å². The summed E-state index contributed by atoms with van der Waals surface area (Å²) in [5, 5.41) is 5.52. The number of benzene rings is 2. The molecule has 1 amide bonds. The Hall–Kier alpha value is -3.29. The van der Waals surface area contributed by atoms with Crippen LogP contribution in [0.2, 0.25) is 0 Å². The van der Waals surface area contributed by atoms with Gasteiger partial charge in [0.25, 0.3) is 21.8 Å². The number of halogens is 1. The fraction of sp³-hybridized carbons (Fsp3) is 0.217. The van der Waals surface area contributed by atoms with Crippen LogP contribution in [0.1, 0.15) is 30.1 Å². The maximum Gasteiger partial charge on any atom is 0.263 e. The number of rotatable bonds is 10. The predicted octanol–water partition coefficient (Wildman–Crippen LogP) is 4.35. The van der Waals surface area contributed by atoms with Crippen LogP contribution in [0.15, 0.2) is 64.2 Å². The molecule has 0 radical (unpaired) electrons. The Morgan fingerprint density at radius 3 is 2.53 bits per heavy atom. The second kappa shape index (κ2) is 12.6. The van der Waals surface area contributed by atoms with Crippen LogP contribution in [0.5, 0.6) is 11.6 Å². The molecule has 3 N–H and O–H groups in total. The number of amides is 1. The van der Waals surface area contributed by atoms with Crippen LogP contribution in [-0.4, -0.2) is 43.1 Å². The van der Waals surface area contributed by atoms with Crippen molar-refractivity contribution in [1.29, 1.82) is 0 Å². The number of hydrogen-bond donors (Lipinski definition) is 3. The molecule has 0 aliphatic carbocycles. The maximum absolute atomic E-state index is 12.8. The molecule has 10 nitrogen and oxygen atoms in total. The number of anilines is 2. The quantitative estimate of drug-likeness (QED) is 0.232. The summed E-state index contributed by atoms with van der Waals surface area (Å²) >= 11 is 8.63. The van der Waals surface area contributed by atoms with E-state index in [-0.39, 0.29) is 21.7 Å². The van der Waals surface area contributed by atoms with Gasteiger partial charge in [-0.1, -0.05) is 29.3 Å². The third-order valence-electron chi connectivity index (χ3n) is 4.68. The summed E-state index contributed by atoms with van der Waals surface area (Å²) in [5.74, 6) is 0.0249. The number of unbranched alkanes of at least 4 members (excludes halogenated alkanes) is 1. The van der Waals surface area contributed by atoms with Crippen molar-refractivity contribution in [1.82, 2.24) is 15.3 Å². The third kappa shape index (κ3) is 7.35. The Kier molecular flexibility index (Phi) is 9.56. The number of nitrogens with zero attached hydrogens (tertiary/aromatic N) is 2. The molecular weight excluding hydrogens is 570 g/mol. The molecule has 3 rings (SSSR count). The van der Waals surface area contributed by atoms with Crippen LogP contribution in [0.3, 0.4) is 0 Å². The van der Waals surface area contributed by atoms with Gasteiger partial charge < -0.3 is 14.8 Å². The van der Waals surface area contributed by atoms with Crippen LogP contribution in [0.4, 0.5) is 11.5 Å². The predicted molar refractivity (Wildman–Crippen MR) is 144 cm³/mol. The summed E-state index contributed by atoms with van der Waals surface area (Å²) in [6.07, 6.45) is 4.56. The molecule has 3 aromatic rings. The fourth-order valence-corrected chi connectivity index (χ4v) is 4.49. The van der Waals surface area contributed by atoms with E-state index in [0.29, 0.717) is 23.6 Å². The Morgan fingerprint density at radius 1 is 1.11 bits per heavy atom. The summed E-state index contributed by atoms with van der Waals surface area (Å²) in [5.41, 5.74) is 0.807. The summed E-state index contributed by atoms with van der Waals surface area (Å²) < 4.78 is 39.2. The van der Waals surface area contributed by atoms with E-state index in [2.05, 4.69) is 48.2 Å². The number of hydrogen-bond acceptors (Lipinski definition) is 8.